The van der Waals surface area contributed by atoms with Crippen molar-refractivity contribution in [2.24, 2.45) is 0 Å². The summed E-state index contributed by atoms with van der Waals surface area (Å²) < 4.78 is 10.9. The largest absolute Gasteiger partial charge is 0.493 e. The second kappa shape index (κ2) is 10.5. The van der Waals surface area contributed by atoms with Crippen molar-refractivity contribution in [1.82, 2.24) is 0 Å². The number of esters is 1. The molecule has 4 nitrogen and oxygen atoms in total. The van der Waals surface area contributed by atoms with E-state index in [0.717, 1.165) is 47.8 Å². The van der Waals surface area contributed by atoms with Crippen LogP contribution in [-0.2, 0) is 9.53 Å². The zero-order valence-electron chi connectivity index (χ0n) is 14.7. The summed E-state index contributed by atoms with van der Waals surface area (Å²) in [6, 6.07) is 11.9. The maximum Gasteiger partial charge on any atom is 0.330 e. The molecule has 2 aromatic carbocycles. The number of aliphatic hydroxyl groups excluding tert-OH is 1. The van der Waals surface area contributed by atoms with E-state index in [1.54, 1.807) is 13.0 Å². The highest BCUT2D eigenvalue weighted by molar-refractivity contribution is 5.97. The first-order chi connectivity index (χ1) is 12.3. The molecule has 25 heavy (non-hydrogen) atoms. The van der Waals surface area contributed by atoms with E-state index in [4.69, 9.17) is 14.6 Å². The van der Waals surface area contributed by atoms with E-state index in [1.165, 1.54) is 6.08 Å². The Hall–Kier alpha value is -2.33. The van der Waals surface area contributed by atoms with Crippen LogP contribution in [0.15, 0.2) is 42.5 Å². The number of unbranched alkanes of at least 4 members (excludes halogenated alkanes) is 3. The van der Waals surface area contributed by atoms with Gasteiger partial charge in [0.1, 0.15) is 5.75 Å². The zero-order chi connectivity index (χ0) is 17.9. The van der Waals surface area contributed by atoms with Crippen molar-refractivity contribution in [3.8, 4) is 5.75 Å². The van der Waals surface area contributed by atoms with Crippen molar-refractivity contribution in [2.45, 2.75) is 32.6 Å². The molecule has 0 heterocycles. The molecule has 0 bridgehead atoms. The fraction of sp³-hybridized carbons (Fsp3) is 0.381. The second-order valence-corrected chi connectivity index (χ2v) is 5.77. The molecular formula is C21H26O4. The molecule has 0 aromatic heterocycles. The molecule has 2 rings (SSSR count). The summed E-state index contributed by atoms with van der Waals surface area (Å²) in [6.45, 7) is 3.08. The van der Waals surface area contributed by atoms with Gasteiger partial charge >= 0.3 is 5.97 Å². The SMILES string of the molecule is CCOC(=O)/C=C/c1ccc(OCCCCCCO)c2ccccc12. The summed E-state index contributed by atoms with van der Waals surface area (Å²) in [5.41, 5.74) is 0.957. The van der Waals surface area contributed by atoms with Gasteiger partial charge in [0, 0.05) is 18.1 Å². The molecule has 4 heteroatoms. The smallest absolute Gasteiger partial charge is 0.330 e. The van der Waals surface area contributed by atoms with Crippen LogP contribution in [0.25, 0.3) is 16.8 Å². The van der Waals surface area contributed by atoms with Gasteiger partial charge in [0.15, 0.2) is 0 Å². The van der Waals surface area contributed by atoms with Gasteiger partial charge in [0.25, 0.3) is 0 Å². The Bertz CT molecular complexity index is 706. The summed E-state index contributed by atoms with van der Waals surface area (Å²) in [7, 11) is 0. The number of fused-ring (bicyclic) bond motifs is 1. The molecule has 0 unspecified atom stereocenters. The van der Waals surface area contributed by atoms with Crippen LogP contribution < -0.4 is 4.74 Å². The fourth-order valence-electron chi connectivity index (χ4n) is 2.66. The van der Waals surface area contributed by atoms with Crippen molar-refractivity contribution in [3.05, 3.63) is 48.0 Å². The molecule has 0 aliphatic heterocycles. The van der Waals surface area contributed by atoms with E-state index in [2.05, 4.69) is 0 Å². The molecule has 0 spiro atoms. The highest BCUT2D eigenvalue weighted by Crippen LogP contribution is 2.29. The number of hydrogen-bond donors (Lipinski definition) is 1. The minimum atomic E-state index is -0.338. The minimum Gasteiger partial charge on any atom is -0.493 e. The van der Waals surface area contributed by atoms with E-state index >= 15 is 0 Å². The van der Waals surface area contributed by atoms with Gasteiger partial charge in [-0.05, 0) is 49.3 Å². The van der Waals surface area contributed by atoms with Gasteiger partial charge in [-0.3, -0.25) is 0 Å². The van der Waals surface area contributed by atoms with Gasteiger partial charge in [-0.25, -0.2) is 4.79 Å². The van der Waals surface area contributed by atoms with Gasteiger partial charge in [0.2, 0.25) is 0 Å². The average molecular weight is 342 g/mol. The summed E-state index contributed by atoms with van der Waals surface area (Å²) >= 11 is 0. The average Bonchev–Trinajstić information content (AvgIpc) is 2.63. The monoisotopic (exact) mass is 342 g/mol. The van der Waals surface area contributed by atoms with Crippen molar-refractivity contribution in [1.29, 1.82) is 0 Å². The van der Waals surface area contributed by atoms with Crippen LogP contribution in [0.3, 0.4) is 0 Å². The second-order valence-electron chi connectivity index (χ2n) is 5.77. The molecule has 2 aromatic rings. The van der Waals surface area contributed by atoms with E-state index in [9.17, 15) is 4.79 Å². The standard InChI is InChI=1S/C21H26O4/c1-2-24-21(23)14-12-17-11-13-20(19-10-6-5-9-18(17)19)25-16-8-4-3-7-15-22/h5-6,9-14,22H,2-4,7-8,15-16H2,1H3/b14-12+. The molecule has 0 saturated carbocycles. The van der Waals surface area contributed by atoms with Crippen molar-refractivity contribution >= 4 is 22.8 Å². The maximum atomic E-state index is 11.5. The predicted molar refractivity (Wildman–Crippen MR) is 101 cm³/mol. The minimum absolute atomic E-state index is 0.256. The molecule has 0 saturated heterocycles. The first-order valence-electron chi connectivity index (χ1n) is 8.86. The highest BCUT2D eigenvalue weighted by Gasteiger charge is 2.06. The third-order valence-electron chi connectivity index (χ3n) is 3.91. The number of benzene rings is 2. The van der Waals surface area contributed by atoms with E-state index < -0.39 is 0 Å². The molecule has 0 aliphatic carbocycles. The predicted octanol–water partition coefficient (Wildman–Crippen LogP) is 4.35. The molecular weight excluding hydrogens is 316 g/mol. The molecule has 0 radical (unpaired) electrons. The lowest BCUT2D eigenvalue weighted by molar-refractivity contribution is -0.137. The molecule has 0 fully saturated rings. The van der Waals surface area contributed by atoms with Crippen LogP contribution in [-0.4, -0.2) is 30.9 Å². The summed E-state index contributed by atoms with van der Waals surface area (Å²) in [5.74, 6) is 0.515. The van der Waals surface area contributed by atoms with E-state index in [0.29, 0.717) is 13.2 Å². The lowest BCUT2D eigenvalue weighted by atomic mass is 10.0. The number of hydrogen-bond acceptors (Lipinski definition) is 4. The topological polar surface area (TPSA) is 55.8 Å². The lowest BCUT2D eigenvalue weighted by Gasteiger charge is -2.11. The third-order valence-corrected chi connectivity index (χ3v) is 3.91. The molecule has 0 atom stereocenters. The number of ether oxygens (including phenoxy) is 2. The Balaban J connectivity index is 2.08. The first kappa shape index (κ1) is 19.0. The number of carbonyl (C=O) groups is 1. The van der Waals surface area contributed by atoms with Crippen LogP contribution in [0.4, 0.5) is 0 Å². The van der Waals surface area contributed by atoms with Gasteiger partial charge in [0.05, 0.1) is 13.2 Å². The van der Waals surface area contributed by atoms with Crippen molar-refractivity contribution < 1.29 is 19.4 Å². The number of aliphatic hydroxyl groups is 1. The molecule has 134 valence electrons. The van der Waals surface area contributed by atoms with Crippen molar-refractivity contribution in [3.63, 3.8) is 0 Å². The van der Waals surface area contributed by atoms with E-state index in [-0.39, 0.29) is 12.6 Å². The first-order valence-corrected chi connectivity index (χ1v) is 8.86. The van der Waals surface area contributed by atoms with Gasteiger partial charge < -0.3 is 14.6 Å². The zero-order valence-corrected chi connectivity index (χ0v) is 14.7. The third kappa shape index (κ3) is 5.91. The molecule has 0 aliphatic rings. The van der Waals surface area contributed by atoms with Crippen LogP contribution in [0, 0.1) is 0 Å². The Morgan fingerprint density at radius 2 is 1.80 bits per heavy atom. The van der Waals surface area contributed by atoms with Crippen LogP contribution in [0.5, 0.6) is 5.75 Å². The Kier molecular flexibility index (Phi) is 7.99. The lowest BCUT2D eigenvalue weighted by Crippen LogP contribution is -1.99. The van der Waals surface area contributed by atoms with Crippen molar-refractivity contribution in [2.75, 3.05) is 19.8 Å². The van der Waals surface area contributed by atoms with Crippen LogP contribution in [0.1, 0.15) is 38.2 Å². The Labute approximate surface area is 149 Å². The fourth-order valence-corrected chi connectivity index (χ4v) is 2.66. The Morgan fingerprint density at radius 1 is 1.04 bits per heavy atom. The molecule has 1 N–H and O–H groups in total. The quantitative estimate of drug-likeness (QED) is 0.396. The van der Waals surface area contributed by atoms with E-state index in [1.807, 2.05) is 36.4 Å². The Morgan fingerprint density at radius 3 is 2.56 bits per heavy atom. The highest BCUT2D eigenvalue weighted by atomic mass is 16.5. The summed E-state index contributed by atoms with van der Waals surface area (Å²) in [5, 5.41) is 10.9. The van der Waals surface area contributed by atoms with Gasteiger partial charge in [-0.1, -0.05) is 36.8 Å². The van der Waals surface area contributed by atoms with Crippen LogP contribution in [0.2, 0.25) is 0 Å². The van der Waals surface area contributed by atoms with Crippen LogP contribution >= 0.6 is 0 Å². The summed E-state index contributed by atoms with van der Waals surface area (Å²) in [6.07, 6.45) is 7.13. The molecule has 0 amide bonds. The normalized spacial score (nSPS) is 11.1. The number of rotatable bonds is 10. The number of carbonyl (C=O) groups excluding carboxylic acids is 1. The van der Waals surface area contributed by atoms with Gasteiger partial charge in [-0.15, -0.1) is 0 Å². The summed E-state index contributed by atoms with van der Waals surface area (Å²) in [4.78, 5) is 11.5. The van der Waals surface area contributed by atoms with Gasteiger partial charge in [-0.2, -0.15) is 0 Å². The maximum absolute atomic E-state index is 11.5.